The van der Waals surface area contributed by atoms with Gasteiger partial charge in [0.05, 0.1) is 11.3 Å². The molecule has 1 aromatic rings. The van der Waals surface area contributed by atoms with Gasteiger partial charge in [0.2, 0.25) is 0 Å². The Morgan fingerprint density at radius 1 is 1.29 bits per heavy atom. The van der Waals surface area contributed by atoms with Crippen LogP contribution in [-0.4, -0.2) is 48.2 Å². The Labute approximate surface area is 123 Å². The van der Waals surface area contributed by atoms with Crippen LogP contribution in [0, 0.1) is 5.82 Å². The van der Waals surface area contributed by atoms with Crippen LogP contribution in [0.2, 0.25) is 0 Å². The molecule has 0 amide bonds. The first-order valence-corrected chi connectivity index (χ1v) is 7.37. The van der Waals surface area contributed by atoms with Gasteiger partial charge in [-0.05, 0) is 44.5 Å². The number of rotatable bonds is 3. The molecule has 3 N–H and O–H groups in total. The maximum atomic E-state index is 14.1. The van der Waals surface area contributed by atoms with Crippen LogP contribution in [0.3, 0.4) is 0 Å². The first kappa shape index (κ1) is 14.1. The van der Waals surface area contributed by atoms with Crippen molar-refractivity contribution in [3.8, 4) is 0 Å². The summed E-state index contributed by atoms with van der Waals surface area (Å²) in [6.07, 6.45) is 3.46. The van der Waals surface area contributed by atoms with Gasteiger partial charge >= 0.3 is 5.97 Å². The van der Waals surface area contributed by atoms with Gasteiger partial charge < -0.3 is 15.7 Å². The molecule has 5 nitrogen and oxygen atoms in total. The molecule has 3 rings (SSSR count). The topological polar surface area (TPSA) is 69.8 Å². The Bertz CT molecular complexity index is 558. The summed E-state index contributed by atoms with van der Waals surface area (Å²) in [5, 5.41) is 9.12. The number of likely N-dealkylation sites (tertiary alicyclic amines) is 1. The van der Waals surface area contributed by atoms with E-state index < -0.39 is 11.8 Å². The number of nitrogens with two attached hydrogens (primary N) is 1. The molecule has 0 aliphatic carbocycles. The van der Waals surface area contributed by atoms with E-state index in [4.69, 9.17) is 10.8 Å². The summed E-state index contributed by atoms with van der Waals surface area (Å²) in [4.78, 5) is 15.5. The summed E-state index contributed by atoms with van der Waals surface area (Å²) < 4.78 is 14.1. The number of nitrogens with zero attached hydrogens (tertiary/aromatic N) is 2. The average Bonchev–Trinajstić information content (AvgIpc) is 3.09. The van der Waals surface area contributed by atoms with Gasteiger partial charge in [-0.1, -0.05) is 0 Å². The second kappa shape index (κ2) is 5.52. The first-order valence-electron chi connectivity index (χ1n) is 7.37. The lowest BCUT2D eigenvalue weighted by atomic mass is 10.1. The third kappa shape index (κ3) is 2.68. The Balaban J connectivity index is 1.81. The van der Waals surface area contributed by atoms with E-state index in [-0.39, 0.29) is 11.3 Å². The van der Waals surface area contributed by atoms with Gasteiger partial charge in [0.25, 0.3) is 0 Å². The fourth-order valence-electron chi connectivity index (χ4n) is 3.37. The van der Waals surface area contributed by atoms with Crippen LogP contribution in [0.25, 0.3) is 0 Å². The van der Waals surface area contributed by atoms with Crippen molar-refractivity contribution in [1.82, 2.24) is 4.90 Å². The van der Waals surface area contributed by atoms with Gasteiger partial charge in [0.15, 0.2) is 0 Å². The Kier molecular flexibility index (Phi) is 3.71. The molecule has 114 valence electrons. The number of aromatic carboxylic acids is 1. The molecule has 2 saturated heterocycles. The number of halogens is 1. The molecule has 2 aliphatic heterocycles. The zero-order valence-electron chi connectivity index (χ0n) is 11.9. The highest BCUT2D eigenvalue weighted by Gasteiger charge is 2.31. The number of carbonyl (C=O) groups is 1. The van der Waals surface area contributed by atoms with Crippen molar-refractivity contribution < 1.29 is 14.3 Å². The van der Waals surface area contributed by atoms with Crippen LogP contribution in [0.4, 0.5) is 15.8 Å². The first-order chi connectivity index (χ1) is 10.1. The highest BCUT2D eigenvalue weighted by molar-refractivity contribution is 5.95. The predicted octanol–water partition coefficient (Wildman–Crippen LogP) is 1.78. The molecular weight excluding hydrogens is 273 g/mol. The van der Waals surface area contributed by atoms with Gasteiger partial charge in [-0.25, -0.2) is 9.18 Å². The smallest absolute Gasteiger partial charge is 0.337 e. The molecule has 0 spiro atoms. The standard InChI is InChI=1S/C15H20FN3O2/c16-12-8-13(17)11(15(20)21)7-14(12)19-6-3-10(9-19)18-4-1-2-5-18/h7-8,10H,1-6,9,17H2,(H,20,21). The highest BCUT2D eigenvalue weighted by Crippen LogP contribution is 2.30. The number of carboxylic acid groups (broad SMARTS) is 1. The van der Waals surface area contributed by atoms with Gasteiger partial charge in [-0.15, -0.1) is 0 Å². The highest BCUT2D eigenvalue weighted by atomic mass is 19.1. The zero-order valence-corrected chi connectivity index (χ0v) is 11.9. The Morgan fingerprint density at radius 2 is 2.00 bits per heavy atom. The third-order valence-corrected chi connectivity index (χ3v) is 4.51. The van der Waals surface area contributed by atoms with Crippen LogP contribution in [0.1, 0.15) is 29.6 Å². The van der Waals surface area contributed by atoms with Crippen molar-refractivity contribution in [1.29, 1.82) is 0 Å². The van der Waals surface area contributed by atoms with E-state index >= 15 is 0 Å². The van der Waals surface area contributed by atoms with E-state index in [0.29, 0.717) is 11.7 Å². The summed E-state index contributed by atoms with van der Waals surface area (Å²) in [6, 6.07) is 2.92. The van der Waals surface area contributed by atoms with Crippen LogP contribution in [-0.2, 0) is 0 Å². The summed E-state index contributed by atoms with van der Waals surface area (Å²) >= 11 is 0. The second-order valence-corrected chi connectivity index (χ2v) is 5.83. The van der Waals surface area contributed by atoms with Crippen LogP contribution >= 0.6 is 0 Å². The van der Waals surface area contributed by atoms with Crippen LogP contribution < -0.4 is 10.6 Å². The quantitative estimate of drug-likeness (QED) is 0.831. The monoisotopic (exact) mass is 293 g/mol. The lowest BCUT2D eigenvalue weighted by Gasteiger charge is -2.25. The van der Waals surface area contributed by atoms with Crippen molar-refractivity contribution in [2.75, 3.05) is 36.8 Å². The number of carboxylic acids is 1. The summed E-state index contributed by atoms with van der Waals surface area (Å²) in [5.41, 5.74) is 5.86. The fourth-order valence-corrected chi connectivity index (χ4v) is 3.37. The normalized spacial score (nSPS) is 22.9. The van der Waals surface area contributed by atoms with Crippen molar-refractivity contribution in [2.24, 2.45) is 0 Å². The number of benzene rings is 1. The SMILES string of the molecule is Nc1cc(F)c(N2CCC(N3CCCC3)C2)cc1C(=O)O. The van der Waals surface area contributed by atoms with Crippen LogP contribution in [0.15, 0.2) is 12.1 Å². The zero-order chi connectivity index (χ0) is 15.0. The molecule has 1 atom stereocenters. The molecule has 0 saturated carbocycles. The molecule has 2 fully saturated rings. The van der Waals surface area contributed by atoms with Gasteiger partial charge in [0.1, 0.15) is 5.82 Å². The molecular formula is C15H20FN3O2. The van der Waals surface area contributed by atoms with E-state index in [1.165, 1.54) is 18.9 Å². The van der Waals surface area contributed by atoms with Crippen molar-refractivity contribution >= 4 is 17.3 Å². The fraction of sp³-hybridized carbons (Fsp3) is 0.533. The van der Waals surface area contributed by atoms with E-state index in [9.17, 15) is 9.18 Å². The van der Waals surface area contributed by atoms with E-state index in [0.717, 1.165) is 38.7 Å². The molecule has 1 unspecified atom stereocenters. The third-order valence-electron chi connectivity index (χ3n) is 4.51. The molecule has 0 radical (unpaired) electrons. The molecule has 1 aromatic carbocycles. The summed E-state index contributed by atoms with van der Waals surface area (Å²) in [6.45, 7) is 3.73. The largest absolute Gasteiger partial charge is 0.478 e. The minimum absolute atomic E-state index is 0.0287. The van der Waals surface area contributed by atoms with E-state index in [1.54, 1.807) is 0 Å². The molecule has 2 aliphatic rings. The van der Waals surface area contributed by atoms with Crippen molar-refractivity contribution in [2.45, 2.75) is 25.3 Å². The minimum Gasteiger partial charge on any atom is -0.478 e. The predicted molar refractivity (Wildman–Crippen MR) is 79.2 cm³/mol. The number of hydrogen-bond donors (Lipinski definition) is 2. The van der Waals surface area contributed by atoms with Crippen LogP contribution in [0.5, 0.6) is 0 Å². The maximum Gasteiger partial charge on any atom is 0.337 e. The molecule has 0 bridgehead atoms. The summed E-state index contributed by atoms with van der Waals surface area (Å²) in [7, 11) is 0. The molecule has 21 heavy (non-hydrogen) atoms. The van der Waals surface area contributed by atoms with Gasteiger partial charge in [0, 0.05) is 24.8 Å². The van der Waals surface area contributed by atoms with E-state index in [1.807, 2.05) is 4.90 Å². The minimum atomic E-state index is -1.12. The Hall–Kier alpha value is -1.82. The van der Waals surface area contributed by atoms with E-state index in [2.05, 4.69) is 4.90 Å². The maximum absolute atomic E-state index is 14.1. The van der Waals surface area contributed by atoms with Gasteiger partial charge in [-0.3, -0.25) is 4.90 Å². The van der Waals surface area contributed by atoms with Crippen molar-refractivity contribution in [3.63, 3.8) is 0 Å². The molecule has 0 aromatic heterocycles. The lowest BCUT2D eigenvalue weighted by Crippen LogP contribution is -2.35. The van der Waals surface area contributed by atoms with Gasteiger partial charge in [-0.2, -0.15) is 0 Å². The van der Waals surface area contributed by atoms with Crippen molar-refractivity contribution in [3.05, 3.63) is 23.5 Å². The number of anilines is 2. The number of nitrogen functional groups attached to an aromatic ring is 1. The average molecular weight is 293 g/mol. The number of hydrogen-bond acceptors (Lipinski definition) is 4. The Morgan fingerprint density at radius 3 is 2.67 bits per heavy atom. The lowest BCUT2D eigenvalue weighted by molar-refractivity contribution is 0.0698. The molecule has 2 heterocycles. The molecule has 6 heteroatoms. The summed E-state index contributed by atoms with van der Waals surface area (Å²) in [5.74, 6) is -1.57. The second-order valence-electron chi connectivity index (χ2n) is 5.83.